The fraction of sp³-hybridized carbons (Fsp3) is 0.706. The number of hydrogen-bond acceptors (Lipinski definition) is 4. The van der Waals surface area contributed by atoms with Crippen molar-refractivity contribution in [1.82, 2.24) is 15.5 Å². The van der Waals surface area contributed by atoms with Gasteiger partial charge in [0.15, 0.2) is 5.96 Å². The molecule has 1 aromatic rings. The maximum atomic E-state index is 5.86. The van der Waals surface area contributed by atoms with Crippen LogP contribution in [-0.2, 0) is 11.2 Å². The molecule has 0 spiro atoms. The molecule has 1 unspecified atom stereocenters. The van der Waals surface area contributed by atoms with Crippen LogP contribution in [-0.4, -0.2) is 63.3 Å². The summed E-state index contributed by atoms with van der Waals surface area (Å²) in [5.41, 5.74) is 0. The molecule has 138 valence electrons. The van der Waals surface area contributed by atoms with E-state index in [0.29, 0.717) is 5.92 Å². The molecule has 1 fully saturated rings. The smallest absolute Gasteiger partial charge is 0.191 e. The molecule has 2 heterocycles. The van der Waals surface area contributed by atoms with Crippen molar-refractivity contribution in [2.24, 2.45) is 10.9 Å². The number of hydrogen-bond donors (Lipinski definition) is 2. The second kappa shape index (κ2) is 12.1. The molecule has 1 atom stereocenters. The summed E-state index contributed by atoms with van der Waals surface area (Å²) in [6, 6.07) is 4.26. The fourth-order valence-electron chi connectivity index (χ4n) is 2.78. The Bertz CT molecular complexity index is 467. The van der Waals surface area contributed by atoms with Gasteiger partial charge in [0.05, 0.1) is 12.7 Å². The van der Waals surface area contributed by atoms with Gasteiger partial charge < -0.3 is 15.4 Å². The highest BCUT2D eigenvalue weighted by Crippen LogP contribution is 2.08. The summed E-state index contributed by atoms with van der Waals surface area (Å²) in [5, 5.41) is 8.87. The summed E-state index contributed by atoms with van der Waals surface area (Å²) < 4.78 is 5.86. The lowest BCUT2D eigenvalue weighted by Crippen LogP contribution is -2.50. The number of halogens is 1. The Morgan fingerprint density at radius 3 is 2.96 bits per heavy atom. The van der Waals surface area contributed by atoms with Crippen LogP contribution >= 0.6 is 35.3 Å². The van der Waals surface area contributed by atoms with Crippen LogP contribution in [0.5, 0.6) is 0 Å². The number of nitrogens with zero attached hydrogens (tertiary/aromatic N) is 2. The summed E-state index contributed by atoms with van der Waals surface area (Å²) in [7, 11) is 1.81. The molecule has 2 rings (SSSR count). The minimum atomic E-state index is 0. The van der Waals surface area contributed by atoms with Crippen molar-refractivity contribution in [3.63, 3.8) is 0 Å². The number of nitrogens with one attached hydrogen (secondary N) is 2. The molecule has 0 bridgehead atoms. The van der Waals surface area contributed by atoms with E-state index in [1.807, 2.05) is 7.05 Å². The number of guanidine groups is 1. The molecule has 0 radical (unpaired) electrons. The highest BCUT2D eigenvalue weighted by molar-refractivity contribution is 14.0. The first-order valence-electron chi connectivity index (χ1n) is 8.48. The van der Waals surface area contributed by atoms with Crippen molar-refractivity contribution in [3.05, 3.63) is 22.4 Å². The number of rotatable bonds is 7. The van der Waals surface area contributed by atoms with E-state index >= 15 is 0 Å². The van der Waals surface area contributed by atoms with Gasteiger partial charge in [0, 0.05) is 44.6 Å². The molecule has 1 aromatic heterocycles. The Morgan fingerprint density at radius 1 is 1.46 bits per heavy atom. The average Bonchev–Trinajstić information content (AvgIpc) is 3.03. The lowest BCUT2D eigenvalue weighted by Gasteiger charge is -2.34. The summed E-state index contributed by atoms with van der Waals surface area (Å²) in [4.78, 5) is 8.18. The van der Waals surface area contributed by atoms with Gasteiger partial charge in [0.25, 0.3) is 0 Å². The van der Waals surface area contributed by atoms with E-state index in [9.17, 15) is 0 Å². The predicted octanol–water partition coefficient (Wildman–Crippen LogP) is 2.43. The molecule has 0 amide bonds. The van der Waals surface area contributed by atoms with Crippen molar-refractivity contribution in [2.75, 3.05) is 46.4 Å². The largest absolute Gasteiger partial charge is 0.374 e. The molecule has 5 nitrogen and oxygen atoms in total. The first-order valence-corrected chi connectivity index (χ1v) is 9.36. The van der Waals surface area contributed by atoms with Gasteiger partial charge in [-0.05, 0) is 23.8 Å². The normalized spacial score (nSPS) is 19.2. The van der Waals surface area contributed by atoms with E-state index in [4.69, 9.17) is 4.74 Å². The Morgan fingerprint density at radius 2 is 2.29 bits per heavy atom. The van der Waals surface area contributed by atoms with Gasteiger partial charge in [0.2, 0.25) is 0 Å². The Hall–Kier alpha value is -0.380. The second-order valence-electron chi connectivity index (χ2n) is 6.36. The maximum absolute atomic E-state index is 5.86. The molecule has 24 heavy (non-hydrogen) atoms. The Balaban J connectivity index is 0.00000288. The zero-order chi connectivity index (χ0) is 16.5. The van der Waals surface area contributed by atoms with Crippen molar-refractivity contribution in [3.8, 4) is 0 Å². The van der Waals surface area contributed by atoms with E-state index in [2.05, 4.69) is 51.9 Å². The fourth-order valence-corrected chi connectivity index (χ4v) is 3.49. The van der Waals surface area contributed by atoms with Gasteiger partial charge in [-0.25, -0.2) is 0 Å². The van der Waals surface area contributed by atoms with Crippen LogP contribution in [0.1, 0.15) is 18.7 Å². The number of thiophene rings is 1. The first-order chi connectivity index (χ1) is 11.2. The van der Waals surface area contributed by atoms with Gasteiger partial charge in [-0.2, -0.15) is 0 Å². The molecule has 0 aromatic carbocycles. The third kappa shape index (κ3) is 8.13. The topological polar surface area (TPSA) is 48.9 Å². The summed E-state index contributed by atoms with van der Waals surface area (Å²) >= 11 is 1.80. The van der Waals surface area contributed by atoms with Crippen LogP contribution in [0.4, 0.5) is 0 Å². The zero-order valence-corrected chi connectivity index (χ0v) is 18.1. The van der Waals surface area contributed by atoms with Crippen molar-refractivity contribution < 1.29 is 4.74 Å². The molecular weight excluding hydrogens is 435 g/mol. The first kappa shape index (κ1) is 21.7. The number of ether oxygens (including phenoxy) is 1. The third-order valence-electron chi connectivity index (χ3n) is 3.81. The predicted molar refractivity (Wildman–Crippen MR) is 114 cm³/mol. The van der Waals surface area contributed by atoms with Crippen LogP contribution in [0.25, 0.3) is 0 Å². The van der Waals surface area contributed by atoms with E-state index in [0.717, 1.165) is 51.7 Å². The standard InChI is InChI=1S/C17H30N4OS.HI/c1-14(2)12-21-8-9-22-15(13-21)11-20-17(18-3)19-7-6-16-5-4-10-23-16;/h4-5,10,14-15H,6-9,11-13H2,1-3H3,(H2,18,19,20);1H. The van der Waals surface area contributed by atoms with Crippen LogP contribution < -0.4 is 10.6 Å². The summed E-state index contributed by atoms with van der Waals surface area (Å²) in [6.45, 7) is 10.2. The van der Waals surface area contributed by atoms with Crippen molar-refractivity contribution >= 4 is 41.3 Å². The van der Waals surface area contributed by atoms with Gasteiger partial charge in [-0.15, -0.1) is 35.3 Å². The molecule has 1 aliphatic rings. The second-order valence-corrected chi connectivity index (χ2v) is 7.39. The van der Waals surface area contributed by atoms with Crippen LogP contribution in [0.15, 0.2) is 22.5 Å². The van der Waals surface area contributed by atoms with Crippen LogP contribution in [0.2, 0.25) is 0 Å². The minimum absolute atomic E-state index is 0. The van der Waals surface area contributed by atoms with E-state index in [-0.39, 0.29) is 30.1 Å². The highest BCUT2D eigenvalue weighted by atomic mass is 127. The molecule has 1 saturated heterocycles. The molecular formula is C17H31IN4OS. The average molecular weight is 466 g/mol. The van der Waals surface area contributed by atoms with Gasteiger partial charge in [0.1, 0.15) is 0 Å². The van der Waals surface area contributed by atoms with Crippen molar-refractivity contribution in [1.29, 1.82) is 0 Å². The monoisotopic (exact) mass is 466 g/mol. The van der Waals surface area contributed by atoms with Crippen LogP contribution in [0.3, 0.4) is 0 Å². The molecule has 0 saturated carbocycles. The summed E-state index contributed by atoms with van der Waals surface area (Å²) in [6.07, 6.45) is 1.26. The Kier molecular flexibility index (Phi) is 10.9. The molecule has 7 heteroatoms. The number of aliphatic imine (C=N–C) groups is 1. The van der Waals surface area contributed by atoms with Crippen molar-refractivity contribution in [2.45, 2.75) is 26.4 Å². The minimum Gasteiger partial charge on any atom is -0.374 e. The van der Waals surface area contributed by atoms with E-state index in [1.54, 1.807) is 11.3 Å². The number of morpholine rings is 1. The third-order valence-corrected chi connectivity index (χ3v) is 4.75. The quantitative estimate of drug-likeness (QED) is 0.368. The molecule has 1 aliphatic heterocycles. The molecule has 0 aliphatic carbocycles. The molecule has 2 N–H and O–H groups in total. The maximum Gasteiger partial charge on any atom is 0.191 e. The zero-order valence-electron chi connectivity index (χ0n) is 15.0. The van der Waals surface area contributed by atoms with Gasteiger partial charge in [-0.3, -0.25) is 9.89 Å². The van der Waals surface area contributed by atoms with Gasteiger partial charge >= 0.3 is 0 Å². The van der Waals surface area contributed by atoms with E-state index in [1.165, 1.54) is 4.88 Å². The highest BCUT2D eigenvalue weighted by Gasteiger charge is 2.20. The van der Waals surface area contributed by atoms with Crippen LogP contribution in [0, 0.1) is 5.92 Å². The van der Waals surface area contributed by atoms with E-state index < -0.39 is 0 Å². The van der Waals surface area contributed by atoms with Gasteiger partial charge in [-0.1, -0.05) is 19.9 Å². The Labute approximate surface area is 167 Å². The SMILES string of the molecule is CN=C(NCCc1cccs1)NCC1CN(CC(C)C)CCO1.I. The lowest BCUT2D eigenvalue weighted by atomic mass is 10.2. The summed E-state index contributed by atoms with van der Waals surface area (Å²) in [5.74, 6) is 1.56. The lowest BCUT2D eigenvalue weighted by molar-refractivity contribution is -0.0284.